The summed E-state index contributed by atoms with van der Waals surface area (Å²) in [6.45, 7) is 0. The topological polar surface area (TPSA) is 37.3 Å². The van der Waals surface area contributed by atoms with E-state index in [1.807, 2.05) is 0 Å². The smallest absolute Gasteiger partial charge is 0.328 e. The predicted octanol–water partition coefficient (Wildman–Crippen LogP) is 4.90. The molecule has 0 radical (unpaired) electrons. The Bertz CT molecular complexity index is 696. The van der Waals surface area contributed by atoms with Crippen LogP contribution in [0.4, 0.5) is 4.39 Å². The molecule has 0 spiro atoms. The van der Waals surface area contributed by atoms with E-state index in [-0.39, 0.29) is 0 Å². The minimum absolute atomic E-state index is 0.369. The highest BCUT2D eigenvalue weighted by molar-refractivity contribution is 6.36. The third-order valence-corrected chi connectivity index (χ3v) is 3.19. The molecule has 2 nitrogen and oxygen atoms in total. The van der Waals surface area contributed by atoms with E-state index in [0.29, 0.717) is 26.7 Å². The summed E-state index contributed by atoms with van der Waals surface area (Å²) in [7, 11) is 0. The monoisotopic (exact) mass is 310 g/mol. The largest absolute Gasteiger partial charge is 0.478 e. The van der Waals surface area contributed by atoms with Crippen molar-refractivity contribution in [1.29, 1.82) is 0 Å². The van der Waals surface area contributed by atoms with Crippen molar-refractivity contribution in [2.45, 2.75) is 0 Å². The molecule has 0 amide bonds. The van der Waals surface area contributed by atoms with Gasteiger partial charge in [-0.1, -0.05) is 35.3 Å². The Labute approximate surface area is 125 Å². The van der Waals surface area contributed by atoms with E-state index in [9.17, 15) is 9.18 Å². The fourth-order valence-corrected chi connectivity index (χ4v) is 2.29. The molecule has 5 heteroatoms. The molecular weight excluding hydrogens is 302 g/mol. The second-order valence-electron chi connectivity index (χ2n) is 4.03. The number of hydrogen-bond acceptors (Lipinski definition) is 1. The maximum atomic E-state index is 13.4. The first-order valence-electron chi connectivity index (χ1n) is 5.63. The van der Waals surface area contributed by atoms with E-state index >= 15 is 0 Å². The van der Waals surface area contributed by atoms with Gasteiger partial charge in [0.05, 0.1) is 0 Å². The second-order valence-corrected chi connectivity index (χ2v) is 4.87. The molecule has 1 N–H and O–H groups in total. The molecule has 2 aromatic carbocycles. The normalized spacial score (nSPS) is 10.9. The number of carbonyl (C=O) groups is 1. The van der Waals surface area contributed by atoms with Crippen LogP contribution in [0.15, 0.2) is 42.5 Å². The van der Waals surface area contributed by atoms with Crippen LogP contribution in [-0.4, -0.2) is 11.1 Å². The molecule has 0 saturated heterocycles. The van der Waals surface area contributed by atoms with Crippen molar-refractivity contribution in [2.75, 3.05) is 0 Å². The minimum Gasteiger partial charge on any atom is -0.478 e. The average molecular weight is 311 g/mol. The van der Waals surface area contributed by atoms with Gasteiger partial charge in [-0.15, -0.1) is 0 Å². The van der Waals surface area contributed by atoms with Crippen LogP contribution in [0.1, 0.15) is 5.56 Å². The van der Waals surface area contributed by atoms with Crippen molar-refractivity contribution in [2.24, 2.45) is 0 Å². The quantitative estimate of drug-likeness (QED) is 0.819. The van der Waals surface area contributed by atoms with Crippen LogP contribution in [0.25, 0.3) is 17.2 Å². The Hall–Kier alpha value is -1.84. The Kier molecular flexibility index (Phi) is 4.42. The fraction of sp³-hybridized carbons (Fsp3) is 0. The number of hydrogen-bond donors (Lipinski definition) is 1. The first-order chi connectivity index (χ1) is 9.47. The van der Waals surface area contributed by atoms with Crippen LogP contribution in [0.5, 0.6) is 0 Å². The first kappa shape index (κ1) is 14.6. The Morgan fingerprint density at radius 2 is 1.85 bits per heavy atom. The second kappa shape index (κ2) is 6.07. The number of benzene rings is 2. The van der Waals surface area contributed by atoms with Gasteiger partial charge < -0.3 is 5.11 Å². The van der Waals surface area contributed by atoms with Gasteiger partial charge in [0, 0.05) is 21.7 Å². The van der Waals surface area contributed by atoms with Gasteiger partial charge in [-0.2, -0.15) is 0 Å². The Morgan fingerprint density at radius 3 is 2.50 bits per heavy atom. The summed E-state index contributed by atoms with van der Waals surface area (Å²) >= 11 is 11.9. The highest BCUT2D eigenvalue weighted by Crippen LogP contribution is 2.33. The summed E-state index contributed by atoms with van der Waals surface area (Å²) in [4.78, 5) is 10.6. The summed E-state index contributed by atoms with van der Waals surface area (Å²) in [6.07, 6.45) is 2.38. The standard InChI is InChI=1S/C15H9Cl2FO2/c16-10-3-5-12(14(17)7-10)13-8-11(18)4-1-9(13)2-6-15(19)20/h1-8H,(H,19,20)/b6-2+. The Balaban J connectivity index is 2.59. The van der Waals surface area contributed by atoms with E-state index in [1.165, 1.54) is 24.3 Å². The van der Waals surface area contributed by atoms with E-state index in [1.54, 1.807) is 18.2 Å². The van der Waals surface area contributed by atoms with Crippen LogP contribution in [0.2, 0.25) is 10.0 Å². The first-order valence-corrected chi connectivity index (χ1v) is 6.39. The third-order valence-electron chi connectivity index (χ3n) is 2.64. The van der Waals surface area contributed by atoms with Gasteiger partial charge in [0.25, 0.3) is 0 Å². The van der Waals surface area contributed by atoms with E-state index in [0.717, 1.165) is 6.08 Å². The molecule has 2 rings (SSSR count). The van der Waals surface area contributed by atoms with Gasteiger partial charge in [-0.05, 0) is 41.5 Å². The fourth-order valence-electron chi connectivity index (χ4n) is 1.78. The molecule has 0 heterocycles. The number of aliphatic carboxylic acids is 1. The van der Waals surface area contributed by atoms with Crippen molar-refractivity contribution >= 4 is 35.2 Å². The Morgan fingerprint density at radius 1 is 1.10 bits per heavy atom. The maximum Gasteiger partial charge on any atom is 0.328 e. The molecule has 102 valence electrons. The summed E-state index contributed by atoms with van der Waals surface area (Å²) in [5.74, 6) is -1.51. The van der Waals surface area contributed by atoms with Gasteiger partial charge in [0.2, 0.25) is 0 Å². The van der Waals surface area contributed by atoms with Crippen LogP contribution in [0, 0.1) is 5.82 Å². The zero-order valence-corrected chi connectivity index (χ0v) is 11.6. The van der Waals surface area contributed by atoms with Crippen LogP contribution in [0.3, 0.4) is 0 Å². The van der Waals surface area contributed by atoms with Crippen molar-refractivity contribution in [3.05, 3.63) is 63.9 Å². The average Bonchev–Trinajstić information content (AvgIpc) is 2.37. The molecular formula is C15H9Cl2FO2. The summed E-state index contributed by atoms with van der Waals surface area (Å²) < 4.78 is 13.4. The lowest BCUT2D eigenvalue weighted by Gasteiger charge is -2.09. The minimum atomic E-state index is -1.08. The molecule has 0 aliphatic carbocycles. The molecule has 0 saturated carbocycles. The summed E-state index contributed by atoms with van der Waals surface area (Å²) in [5, 5.41) is 9.52. The van der Waals surface area contributed by atoms with Crippen LogP contribution >= 0.6 is 23.2 Å². The molecule has 0 atom stereocenters. The van der Waals surface area contributed by atoms with Crippen molar-refractivity contribution < 1.29 is 14.3 Å². The lowest BCUT2D eigenvalue weighted by molar-refractivity contribution is -0.131. The number of carboxylic acid groups (broad SMARTS) is 1. The highest BCUT2D eigenvalue weighted by Gasteiger charge is 2.09. The zero-order valence-electron chi connectivity index (χ0n) is 10.1. The maximum absolute atomic E-state index is 13.4. The zero-order chi connectivity index (χ0) is 14.7. The SMILES string of the molecule is O=C(O)/C=C/c1ccc(F)cc1-c1ccc(Cl)cc1Cl. The highest BCUT2D eigenvalue weighted by atomic mass is 35.5. The molecule has 0 fully saturated rings. The molecule has 0 aliphatic rings. The lowest BCUT2D eigenvalue weighted by atomic mass is 9.99. The molecule has 20 heavy (non-hydrogen) atoms. The van der Waals surface area contributed by atoms with E-state index < -0.39 is 11.8 Å². The van der Waals surface area contributed by atoms with Crippen molar-refractivity contribution in [3.8, 4) is 11.1 Å². The number of rotatable bonds is 3. The molecule has 0 unspecified atom stereocenters. The van der Waals surface area contributed by atoms with E-state index in [4.69, 9.17) is 28.3 Å². The van der Waals surface area contributed by atoms with Gasteiger partial charge in [-0.3, -0.25) is 0 Å². The molecule has 0 aliphatic heterocycles. The van der Waals surface area contributed by atoms with Crippen LogP contribution in [-0.2, 0) is 4.79 Å². The molecule has 2 aromatic rings. The van der Waals surface area contributed by atoms with Gasteiger partial charge in [-0.25, -0.2) is 9.18 Å². The lowest BCUT2D eigenvalue weighted by Crippen LogP contribution is -1.90. The van der Waals surface area contributed by atoms with Crippen molar-refractivity contribution in [3.63, 3.8) is 0 Å². The predicted molar refractivity (Wildman–Crippen MR) is 78.5 cm³/mol. The van der Waals surface area contributed by atoms with Crippen LogP contribution < -0.4 is 0 Å². The third kappa shape index (κ3) is 3.38. The molecule has 0 bridgehead atoms. The summed E-state index contributed by atoms with van der Waals surface area (Å²) in [6, 6.07) is 8.91. The van der Waals surface area contributed by atoms with Gasteiger partial charge in [0.15, 0.2) is 0 Å². The van der Waals surface area contributed by atoms with Gasteiger partial charge >= 0.3 is 5.97 Å². The number of carboxylic acids is 1. The summed E-state index contributed by atoms with van der Waals surface area (Å²) in [5.41, 5.74) is 1.64. The number of halogens is 3. The molecule has 0 aromatic heterocycles. The van der Waals surface area contributed by atoms with Crippen molar-refractivity contribution in [1.82, 2.24) is 0 Å². The van der Waals surface area contributed by atoms with Gasteiger partial charge in [0.1, 0.15) is 5.82 Å². The van der Waals surface area contributed by atoms with E-state index in [2.05, 4.69) is 0 Å².